The predicted octanol–water partition coefficient (Wildman–Crippen LogP) is -0.0372. The number of fused-ring (bicyclic) bond motifs is 1. The molecule has 3 rings (SSSR count). The Morgan fingerprint density at radius 1 is 1.43 bits per heavy atom. The largest absolute Gasteiger partial charge is 0.502 e. The van der Waals surface area contributed by atoms with Gasteiger partial charge in [0.15, 0.2) is 6.61 Å². The van der Waals surface area contributed by atoms with E-state index in [1.165, 1.54) is 0 Å². The second kappa shape index (κ2) is 4.84. The van der Waals surface area contributed by atoms with E-state index in [4.69, 9.17) is 21.5 Å². The lowest BCUT2D eigenvalue weighted by molar-refractivity contribution is -0.168. The topological polar surface area (TPSA) is 107 Å². The minimum atomic E-state index is -1.10. The van der Waals surface area contributed by atoms with Gasteiger partial charge >= 0.3 is 23.7 Å². The van der Waals surface area contributed by atoms with Gasteiger partial charge in [0, 0.05) is 11.8 Å². The first-order chi connectivity index (χ1) is 10.0. The molecule has 1 saturated heterocycles. The van der Waals surface area contributed by atoms with Crippen LogP contribution in [0.25, 0.3) is 4.85 Å². The summed E-state index contributed by atoms with van der Waals surface area (Å²) in [5.74, 6) is -2.65. The van der Waals surface area contributed by atoms with Gasteiger partial charge in [-0.1, -0.05) is 5.41 Å². The molecular weight excluding hydrogens is 280 g/mol. The van der Waals surface area contributed by atoms with Crippen molar-refractivity contribution in [3.8, 4) is 6.57 Å². The Hall–Kier alpha value is -2.43. The van der Waals surface area contributed by atoms with Gasteiger partial charge in [-0.2, -0.15) is 0 Å². The second-order valence-electron chi connectivity index (χ2n) is 5.41. The average Bonchev–Trinajstić information content (AvgIpc) is 3.08. The molecule has 0 radical (unpaired) electrons. The smallest absolute Gasteiger partial charge is 0.458 e. The minimum absolute atomic E-state index is 0.0561. The molecule has 0 aromatic carbocycles. The molecule has 2 saturated carbocycles. The van der Waals surface area contributed by atoms with Gasteiger partial charge < -0.3 is 14.2 Å². The molecular formula is C13H13N2O6+. The Morgan fingerprint density at radius 2 is 2.19 bits per heavy atom. The van der Waals surface area contributed by atoms with Crippen molar-refractivity contribution in [1.82, 2.24) is 0 Å². The molecule has 3 aliphatic rings. The van der Waals surface area contributed by atoms with Crippen molar-refractivity contribution in [3.63, 3.8) is 0 Å². The van der Waals surface area contributed by atoms with Crippen LogP contribution >= 0.6 is 0 Å². The van der Waals surface area contributed by atoms with Crippen LogP contribution in [0.4, 0.5) is 0 Å². The summed E-state index contributed by atoms with van der Waals surface area (Å²) in [7, 11) is 0. The van der Waals surface area contributed by atoms with Crippen LogP contribution in [0.1, 0.15) is 12.8 Å². The van der Waals surface area contributed by atoms with E-state index in [0.717, 1.165) is 6.42 Å². The molecule has 1 aliphatic heterocycles. The summed E-state index contributed by atoms with van der Waals surface area (Å²) in [5.41, 5.74) is 0. The average molecular weight is 293 g/mol. The zero-order chi connectivity index (χ0) is 15.1. The van der Waals surface area contributed by atoms with Crippen molar-refractivity contribution < 1.29 is 28.6 Å². The number of hydrogen-bond acceptors (Lipinski definition) is 7. The molecule has 8 nitrogen and oxygen atoms in total. The number of hydrogen-bond donors (Lipinski definition) is 1. The molecule has 110 valence electrons. The van der Waals surface area contributed by atoms with Gasteiger partial charge in [-0.05, 0) is 12.8 Å². The SMILES string of the molecule is C#[N+]C(=N)C(=O)OCC(=O)OC1C2CC3C(=O)OC1C3C2. The highest BCUT2D eigenvalue weighted by atomic mass is 16.6. The van der Waals surface area contributed by atoms with Crippen molar-refractivity contribution in [1.29, 1.82) is 5.41 Å². The van der Waals surface area contributed by atoms with Crippen LogP contribution in [-0.2, 0) is 28.6 Å². The summed E-state index contributed by atoms with van der Waals surface area (Å²) in [6.45, 7) is 4.11. The van der Waals surface area contributed by atoms with Crippen LogP contribution in [0.15, 0.2) is 0 Å². The Labute approximate surface area is 119 Å². The summed E-state index contributed by atoms with van der Waals surface area (Å²) < 4.78 is 15.0. The van der Waals surface area contributed by atoms with Crippen molar-refractivity contribution >= 4 is 23.7 Å². The highest BCUT2D eigenvalue weighted by Crippen LogP contribution is 2.55. The number of carbonyl (C=O) groups is 3. The zero-order valence-corrected chi connectivity index (χ0v) is 11.0. The quantitative estimate of drug-likeness (QED) is 0.339. The lowest BCUT2D eigenvalue weighted by atomic mass is 9.88. The van der Waals surface area contributed by atoms with Gasteiger partial charge in [0.25, 0.3) is 0 Å². The van der Waals surface area contributed by atoms with Crippen LogP contribution in [-0.4, -0.2) is 42.6 Å². The highest BCUT2D eigenvalue weighted by Gasteiger charge is 2.63. The van der Waals surface area contributed by atoms with Crippen molar-refractivity contribution in [3.05, 3.63) is 4.85 Å². The van der Waals surface area contributed by atoms with Gasteiger partial charge in [0.05, 0.1) is 5.92 Å². The van der Waals surface area contributed by atoms with Crippen LogP contribution in [0.3, 0.4) is 0 Å². The van der Waals surface area contributed by atoms with Gasteiger partial charge in [-0.3, -0.25) is 4.79 Å². The summed E-state index contributed by atoms with van der Waals surface area (Å²) in [4.78, 5) is 37.2. The first-order valence-electron chi connectivity index (χ1n) is 6.58. The van der Waals surface area contributed by atoms with Crippen LogP contribution < -0.4 is 0 Å². The molecule has 1 N–H and O–H groups in total. The number of nitrogens with one attached hydrogen (secondary N) is 1. The fourth-order valence-corrected chi connectivity index (χ4v) is 3.50. The van der Waals surface area contributed by atoms with E-state index in [1.807, 2.05) is 0 Å². The molecule has 0 amide bonds. The van der Waals surface area contributed by atoms with Crippen LogP contribution in [0, 0.1) is 29.7 Å². The standard InChI is InChI=1S/C13H13N2O6/c1-15-11(14)13(18)19-4-8(16)20-9-5-2-6-7(3-5)12(17)21-10(6)9/h1,5-7,9-10,14H,2-4H2/q+1. The summed E-state index contributed by atoms with van der Waals surface area (Å²) in [6.07, 6.45) is 0.644. The van der Waals surface area contributed by atoms with Crippen LogP contribution in [0.2, 0.25) is 0 Å². The maximum absolute atomic E-state index is 11.7. The third kappa shape index (κ3) is 2.14. The summed E-state index contributed by atoms with van der Waals surface area (Å²) in [6, 6.07) is 0. The van der Waals surface area contributed by atoms with E-state index in [-0.39, 0.29) is 29.8 Å². The van der Waals surface area contributed by atoms with Gasteiger partial charge in [-0.25, -0.2) is 9.59 Å². The van der Waals surface area contributed by atoms with Crippen molar-refractivity contribution in [2.75, 3.05) is 6.61 Å². The third-order valence-electron chi connectivity index (χ3n) is 4.32. The molecule has 0 aromatic rings. The molecule has 5 atom stereocenters. The molecule has 2 bridgehead atoms. The zero-order valence-electron chi connectivity index (χ0n) is 11.0. The summed E-state index contributed by atoms with van der Waals surface area (Å²) in [5, 5.41) is 6.99. The summed E-state index contributed by atoms with van der Waals surface area (Å²) >= 11 is 0. The molecule has 2 aliphatic carbocycles. The first kappa shape index (κ1) is 13.5. The van der Waals surface area contributed by atoms with Gasteiger partial charge in [0.2, 0.25) is 0 Å². The predicted molar refractivity (Wildman–Crippen MR) is 66.5 cm³/mol. The molecule has 21 heavy (non-hydrogen) atoms. The molecule has 0 spiro atoms. The Balaban J connectivity index is 1.53. The Kier molecular flexibility index (Phi) is 3.12. The molecule has 3 fully saturated rings. The Morgan fingerprint density at radius 3 is 2.90 bits per heavy atom. The number of amidine groups is 1. The Bertz CT molecular complexity index is 580. The van der Waals surface area contributed by atoms with E-state index in [2.05, 4.69) is 9.58 Å². The third-order valence-corrected chi connectivity index (χ3v) is 4.32. The normalized spacial score (nSPS) is 35.0. The van der Waals surface area contributed by atoms with Crippen molar-refractivity contribution in [2.24, 2.45) is 17.8 Å². The maximum Gasteiger partial charge on any atom is 0.502 e. The molecule has 0 aromatic heterocycles. The second-order valence-corrected chi connectivity index (χ2v) is 5.41. The lowest BCUT2D eigenvalue weighted by Crippen LogP contribution is -2.37. The number of carbonyl (C=O) groups excluding carboxylic acids is 3. The van der Waals surface area contributed by atoms with E-state index >= 15 is 0 Å². The number of esters is 3. The molecule has 1 heterocycles. The monoisotopic (exact) mass is 293 g/mol. The van der Waals surface area contributed by atoms with E-state index in [0.29, 0.717) is 6.42 Å². The van der Waals surface area contributed by atoms with Gasteiger partial charge in [-0.15, -0.1) is 4.85 Å². The van der Waals surface area contributed by atoms with Crippen LogP contribution in [0.5, 0.6) is 0 Å². The highest BCUT2D eigenvalue weighted by molar-refractivity contribution is 6.38. The first-order valence-corrected chi connectivity index (χ1v) is 6.58. The van der Waals surface area contributed by atoms with Gasteiger partial charge in [0.1, 0.15) is 18.8 Å². The molecule has 5 unspecified atom stereocenters. The minimum Gasteiger partial charge on any atom is -0.458 e. The van der Waals surface area contributed by atoms with Crippen molar-refractivity contribution in [2.45, 2.75) is 25.0 Å². The van der Waals surface area contributed by atoms with E-state index in [1.54, 1.807) is 0 Å². The fraction of sp³-hybridized carbons (Fsp3) is 0.615. The number of nitrogens with zero attached hydrogens (tertiary/aromatic N) is 1. The van der Waals surface area contributed by atoms with E-state index < -0.39 is 30.5 Å². The number of rotatable bonds is 3. The fourth-order valence-electron chi connectivity index (χ4n) is 3.50. The maximum atomic E-state index is 11.7. The lowest BCUT2D eigenvalue weighted by Gasteiger charge is -2.24. The van der Waals surface area contributed by atoms with E-state index in [9.17, 15) is 14.4 Å². The number of ether oxygens (including phenoxy) is 3. The molecule has 8 heteroatoms.